The lowest BCUT2D eigenvalue weighted by molar-refractivity contribution is 0.0946. The molecule has 0 radical (unpaired) electrons. The fourth-order valence-electron chi connectivity index (χ4n) is 1.58. The highest BCUT2D eigenvalue weighted by Gasteiger charge is 2.09. The van der Waals surface area contributed by atoms with Crippen LogP contribution in [0, 0.1) is 5.92 Å². The molecule has 0 aliphatic heterocycles. The molecule has 0 fully saturated rings. The average Bonchev–Trinajstić information content (AvgIpc) is 2.35. The van der Waals surface area contributed by atoms with E-state index in [0.717, 1.165) is 12.8 Å². The van der Waals surface area contributed by atoms with E-state index in [0.29, 0.717) is 24.6 Å². The van der Waals surface area contributed by atoms with Crippen molar-refractivity contribution in [1.82, 2.24) is 10.3 Å². The lowest BCUT2D eigenvalue weighted by Crippen LogP contribution is -2.30. The fraction of sp³-hybridized carbons (Fsp3) is 0.500. The van der Waals surface area contributed by atoms with Crippen molar-refractivity contribution in [2.75, 3.05) is 13.1 Å². The first-order chi connectivity index (χ1) is 8.17. The number of nitrogens with two attached hydrogens (primary N) is 1. The van der Waals surface area contributed by atoms with Gasteiger partial charge in [-0.2, -0.15) is 0 Å². The van der Waals surface area contributed by atoms with Crippen molar-refractivity contribution in [3.8, 4) is 0 Å². The second kappa shape index (κ2) is 6.85. The minimum Gasteiger partial charge on any atom is -0.352 e. The molecule has 94 valence electrons. The van der Waals surface area contributed by atoms with Crippen molar-refractivity contribution in [1.29, 1.82) is 0 Å². The molecule has 5 heteroatoms. The lowest BCUT2D eigenvalue weighted by Gasteiger charge is -2.14. The van der Waals surface area contributed by atoms with E-state index in [1.165, 1.54) is 18.3 Å². The number of hydrogen-bond acceptors (Lipinski definition) is 3. The number of amides is 1. The molecular weight excluding hydrogens is 218 g/mol. The maximum atomic E-state index is 11.7. The summed E-state index contributed by atoms with van der Waals surface area (Å²) in [7, 11) is 0. The number of carbonyl (C=O) groups excluding carboxylic acids is 1. The van der Waals surface area contributed by atoms with Crippen LogP contribution in [-0.2, 0) is 0 Å². The Morgan fingerprint density at radius 3 is 2.82 bits per heavy atom. The molecule has 0 spiro atoms. The summed E-state index contributed by atoms with van der Waals surface area (Å²) >= 11 is 0. The van der Waals surface area contributed by atoms with E-state index >= 15 is 0 Å². The molecule has 1 aromatic heterocycles. The molecular formula is C12H19N3O2. The topological polar surface area (TPSA) is 88.0 Å². The third-order valence-electron chi connectivity index (χ3n) is 2.75. The van der Waals surface area contributed by atoms with Crippen LogP contribution < -0.4 is 16.6 Å². The van der Waals surface area contributed by atoms with Gasteiger partial charge in [0, 0.05) is 18.8 Å². The highest BCUT2D eigenvalue weighted by Crippen LogP contribution is 2.05. The van der Waals surface area contributed by atoms with Crippen LogP contribution in [-0.4, -0.2) is 24.0 Å². The van der Waals surface area contributed by atoms with Crippen LogP contribution in [0.3, 0.4) is 0 Å². The molecule has 0 bridgehead atoms. The molecule has 0 saturated heterocycles. The van der Waals surface area contributed by atoms with Gasteiger partial charge in [-0.05, 0) is 24.9 Å². The van der Waals surface area contributed by atoms with Gasteiger partial charge in [0.05, 0.1) is 5.56 Å². The van der Waals surface area contributed by atoms with Crippen LogP contribution in [0.15, 0.2) is 23.1 Å². The Morgan fingerprint density at radius 1 is 1.53 bits per heavy atom. The molecule has 0 aliphatic carbocycles. The second-order valence-electron chi connectivity index (χ2n) is 4.00. The number of carbonyl (C=O) groups is 1. The lowest BCUT2D eigenvalue weighted by atomic mass is 10.0. The zero-order valence-electron chi connectivity index (χ0n) is 10.0. The number of nitrogens with one attached hydrogen (secondary N) is 2. The predicted molar refractivity (Wildman–Crippen MR) is 66.8 cm³/mol. The molecule has 4 N–H and O–H groups in total. The highest BCUT2D eigenvalue weighted by molar-refractivity contribution is 5.93. The van der Waals surface area contributed by atoms with Gasteiger partial charge in [0.15, 0.2) is 0 Å². The minimum atomic E-state index is -0.212. The van der Waals surface area contributed by atoms with Gasteiger partial charge in [0.1, 0.15) is 0 Å². The maximum Gasteiger partial charge on any atom is 0.252 e. The second-order valence-corrected chi connectivity index (χ2v) is 4.00. The summed E-state index contributed by atoms with van der Waals surface area (Å²) in [6.07, 6.45) is 3.31. The largest absolute Gasteiger partial charge is 0.352 e. The van der Waals surface area contributed by atoms with E-state index in [1.807, 2.05) is 0 Å². The van der Waals surface area contributed by atoms with Crippen molar-refractivity contribution in [2.45, 2.75) is 19.8 Å². The van der Waals surface area contributed by atoms with E-state index < -0.39 is 0 Å². The molecule has 1 amide bonds. The Kier molecular flexibility index (Phi) is 5.42. The fourth-order valence-corrected chi connectivity index (χ4v) is 1.58. The average molecular weight is 237 g/mol. The number of hydrogen-bond donors (Lipinski definition) is 3. The summed E-state index contributed by atoms with van der Waals surface area (Å²) in [4.78, 5) is 25.0. The summed E-state index contributed by atoms with van der Waals surface area (Å²) in [5.41, 5.74) is 5.74. The summed E-state index contributed by atoms with van der Waals surface area (Å²) in [6.45, 7) is 3.32. The van der Waals surface area contributed by atoms with Crippen molar-refractivity contribution >= 4 is 5.91 Å². The molecule has 0 aromatic carbocycles. The molecule has 5 nitrogen and oxygen atoms in total. The van der Waals surface area contributed by atoms with Crippen LogP contribution >= 0.6 is 0 Å². The molecule has 1 atom stereocenters. The van der Waals surface area contributed by atoms with Gasteiger partial charge in [-0.15, -0.1) is 0 Å². The van der Waals surface area contributed by atoms with Crippen molar-refractivity contribution < 1.29 is 4.79 Å². The van der Waals surface area contributed by atoms with Crippen molar-refractivity contribution in [2.24, 2.45) is 11.7 Å². The van der Waals surface area contributed by atoms with Gasteiger partial charge in [-0.25, -0.2) is 0 Å². The number of aromatic nitrogens is 1. The predicted octanol–water partition coefficient (Wildman–Crippen LogP) is 0.480. The van der Waals surface area contributed by atoms with Crippen molar-refractivity contribution in [3.63, 3.8) is 0 Å². The van der Waals surface area contributed by atoms with E-state index in [1.54, 1.807) is 0 Å². The summed E-state index contributed by atoms with van der Waals surface area (Å²) in [5, 5.41) is 2.84. The first-order valence-electron chi connectivity index (χ1n) is 5.84. The molecule has 1 unspecified atom stereocenters. The van der Waals surface area contributed by atoms with Gasteiger partial charge in [-0.1, -0.05) is 13.3 Å². The Labute approximate surface area is 100 Å². The third-order valence-corrected chi connectivity index (χ3v) is 2.75. The van der Waals surface area contributed by atoms with Crippen LogP contribution in [0.2, 0.25) is 0 Å². The highest BCUT2D eigenvalue weighted by atomic mass is 16.1. The molecule has 1 rings (SSSR count). The molecule has 17 heavy (non-hydrogen) atoms. The van der Waals surface area contributed by atoms with Gasteiger partial charge in [-0.3, -0.25) is 9.59 Å². The van der Waals surface area contributed by atoms with Crippen LogP contribution in [0.25, 0.3) is 0 Å². The maximum absolute atomic E-state index is 11.7. The van der Waals surface area contributed by atoms with E-state index in [4.69, 9.17) is 5.73 Å². The Bertz CT molecular complexity index is 394. The first-order valence-corrected chi connectivity index (χ1v) is 5.84. The minimum absolute atomic E-state index is 0.170. The Balaban J connectivity index is 2.49. The molecule has 1 heterocycles. The van der Waals surface area contributed by atoms with Crippen LogP contribution in [0.5, 0.6) is 0 Å². The Morgan fingerprint density at radius 2 is 2.29 bits per heavy atom. The first kappa shape index (κ1) is 13.4. The zero-order chi connectivity index (χ0) is 12.7. The van der Waals surface area contributed by atoms with Crippen LogP contribution in [0.4, 0.5) is 0 Å². The third kappa shape index (κ3) is 4.40. The van der Waals surface area contributed by atoms with Gasteiger partial charge >= 0.3 is 0 Å². The van der Waals surface area contributed by atoms with Crippen molar-refractivity contribution in [3.05, 3.63) is 34.2 Å². The van der Waals surface area contributed by atoms with Crippen LogP contribution in [0.1, 0.15) is 30.1 Å². The SMILES string of the molecule is CCC(CCN)CNC(=O)c1ccc(=O)[nH]c1. The summed E-state index contributed by atoms with van der Waals surface area (Å²) in [6, 6.07) is 2.85. The van der Waals surface area contributed by atoms with Gasteiger partial charge in [0.2, 0.25) is 5.56 Å². The normalized spacial score (nSPS) is 12.1. The zero-order valence-corrected chi connectivity index (χ0v) is 10.0. The molecule has 0 aliphatic rings. The standard InChI is InChI=1S/C12H19N3O2/c1-2-9(5-6-13)7-15-12(17)10-3-4-11(16)14-8-10/h3-4,8-9H,2,5-7,13H2,1H3,(H,14,16)(H,15,17). The quantitative estimate of drug-likeness (QED) is 0.672. The molecule has 1 aromatic rings. The number of rotatable bonds is 6. The number of aromatic amines is 1. The number of pyridine rings is 1. The molecule has 0 saturated carbocycles. The van der Waals surface area contributed by atoms with E-state index in [9.17, 15) is 9.59 Å². The van der Waals surface area contributed by atoms with E-state index in [2.05, 4.69) is 17.2 Å². The summed E-state index contributed by atoms with van der Waals surface area (Å²) in [5.74, 6) is 0.239. The number of H-pyrrole nitrogens is 1. The monoisotopic (exact) mass is 237 g/mol. The smallest absolute Gasteiger partial charge is 0.252 e. The van der Waals surface area contributed by atoms with Gasteiger partial charge < -0.3 is 16.0 Å². The van der Waals surface area contributed by atoms with E-state index in [-0.39, 0.29) is 11.5 Å². The van der Waals surface area contributed by atoms with Gasteiger partial charge in [0.25, 0.3) is 5.91 Å². The summed E-state index contributed by atoms with van der Waals surface area (Å²) < 4.78 is 0. The Hall–Kier alpha value is -1.62.